The Morgan fingerprint density at radius 3 is 2.24 bits per heavy atom. The molecule has 0 radical (unpaired) electrons. The Balaban J connectivity index is 2.58. The lowest BCUT2D eigenvalue weighted by Crippen LogP contribution is -2.52. The molecule has 1 aromatic rings. The molecule has 2 N–H and O–H groups in total. The van der Waals surface area contributed by atoms with Crippen LogP contribution in [0.2, 0.25) is 0 Å². The maximum atomic E-state index is 12.7. The van der Waals surface area contributed by atoms with E-state index in [0.717, 1.165) is 12.8 Å². The van der Waals surface area contributed by atoms with E-state index in [2.05, 4.69) is 52.0 Å². The zero-order valence-corrected chi connectivity index (χ0v) is 16.9. The van der Waals surface area contributed by atoms with E-state index in [1.165, 1.54) is 11.1 Å². The first-order chi connectivity index (χ1) is 11.6. The van der Waals surface area contributed by atoms with Gasteiger partial charge in [0, 0.05) is 18.5 Å². The molecule has 0 heterocycles. The second-order valence-electron chi connectivity index (χ2n) is 7.94. The summed E-state index contributed by atoms with van der Waals surface area (Å²) in [5, 5.41) is 0. The van der Waals surface area contributed by atoms with Crippen LogP contribution in [0.3, 0.4) is 0 Å². The number of rotatable bonds is 10. The highest BCUT2D eigenvalue weighted by atomic mass is 16.5. The molecule has 1 amide bonds. The molecule has 4 nitrogen and oxygen atoms in total. The minimum Gasteiger partial charge on any atom is -0.377 e. The van der Waals surface area contributed by atoms with Crippen molar-refractivity contribution in [3.8, 4) is 0 Å². The van der Waals surface area contributed by atoms with Gasteiger partial charge < -0.3 is 15.4 Å². The predicted molar refractivity (Wildman–Crippen MR) is 105 cm³/mol. The third-order valence-electron chi connectivity index (χ3n) is 4.79. The Kier molecular flexibility index (Phi) is 8.10. The third-order valence-corrected chi connectivity index (χ3v) is 4.79. The quantitative estimate of drug-likeness (QED) is 0.701. The summed E-state index contributed by atoms with van der Waals surface area (Å²) < 4.78 is 5.84. The van der Waals surface area contributed by atoms with Gasteiger partial charge in [-0.1, -0.05) is 36.8 Å². The zero-order chi connectivity index (χ0) is 19.1. The molecule has 1 unspecified atom stereocenters. The number of hydrogen-bond acceptors (Lipinski definition) is 3. The van der Waals surface area contributed by atoms with Crippen molar-refractivity contribution in [1.29, 1.82) is 0 Å². The number of nitrogens with zero attached hydrogens (tertiary/aromatic N) is 1. The molecule has 4 heteroatoms. The summed E-state index contributed by atoms with van der Waals surface area (Å²) in [6.45, 7) is 13.9. The van der Waals surface area contributed by atoms with Gasteiger partial charge in [0.2, 0.25) is 5.91 Å². The molecule has 25 heavy (non-hydrogen) atoms. The van der Waals surface area contributed by atoms with Gasteiger partial charge in [0.1, 0.15) is 0 Å². The average molecular weight is 349 g/mol. The standard InChI is InChI=1S/C21H36N2O2/c1-7-21(6,22)16-25-15-20(4,5)23(8-2)19(24)14-13-18-11-9-17(3)10-12-18/h9-12H,7-8,13-16,22H2,1-6H3. The lowest BCUT2D eigenvalue weighted by atomic mass is 10.0. The maximum absolute atomic E-state index is 12.7. The zero-order valence-electron chi connectivity index (χ0n) is 16.9. The molecular weight excluding hydrogens is 312 g/mol. The van der Waals surface area contributed by atoms with Crippen molar-refractivity contribution in [1.82, 2.24) is 4.90 Å². The fourth-order valence-electron chi connectivity index (χ4n) is 2.80. The topological polar surface area (TPSA) is 55.6 Å². The molecule has 0 aliphatic rings. The number of ether oxygens (including phenoxy) is 1. The summed E-state index contributed by atoms with van der Waals surface area (Å²) in [7, 11) is 0. The molecule has 0 saturated heterocycles. The van der Waals surface area contributed by atoms with E-state index in [1.807, 2.05) is 18.7 Å². The highest BCUT2D eigenvalue weighted by molar-refractivity contribution is 5.77. The van der Waals surface area contributed by atoms with Gasteiger partial charge in [0.25, 0.3) is 0 Å². The molecule has 0 spiro atoms. The smallest absolute Gasteiger partial charge is 0.223 e. The molecule has 142 valence electrons. The van der Waals surface area contributed by atoms with E-state index < -0.39 is 0 Å². The van der Waals surface area contributed by atoms with Crippen molar-refractivity contribution in [2.24, 2.45) is 5.73 Å². The molecule has 0 fully saturated rings. The van der Waals surface area contributed by atoms with Crippen LogP contribution in [0.1, 0.15) is 58.6 Å². The molecule has 0 bridgehead atoms. The van der Waals surface area contributed by atoms with Crippen LogP contribution in [0.15, 0.2) is 24.3 Å². The Labute approximate surface area is 153 Å². The van der Waals surface area contributed by atoms with Crippen LogP contribution in [0.5, 0.6) is 0 Å². The summed E-state index contributed by atoms with van der Waals surface area (Å²) in [4.78, 5) is 14.6. The van der Waals surface area contributed by atoms with Gasteiger partial charge >= 0.3 is 0 Å². The van der Waals surface area contributed by atoms with Crippen LogP contribution in [0.4, 0.5) is 0 Å². The summed E-state index contributed by atoms with van der Waals surface area (Å²) in [6, 6.07) is 8.37. The number of amides is 1. The molecule has 1 rings (SSSR count). The first-order valence-electron chi connectivity index (χ1n) is 9.34. The van der Waals surface area contributed by atoms with Crippen LogP contribution in [0, 0.1) is 6.92 Å². The largest absolute Gasteiger partial charge is 0.377 e. The van der Waals surface area contributed by atoms with Gasteiger partial charge in [-0.2, -0.15) is 0 Å². The Bertz CT molecular complexity index is 535. The normalized spacial score (nSPS) is 14.2. The van der Waals surface area contributed by atoms with Crippen molar-refractivity contribution in [2.45, 2.75) is 71.9 Å². The van der Waals surface area contributed by atoms with Gasteiger partial charge in [-0.15, -0.1) is 0 Å². The lowest BCUT2D eigenvalue weighted by molar-refractivity contribution is -0.139. The Morgan fingerprint density at radius 1 is 1.12 bits per heavy atom. The molecule has 1 atom stereocenters. The Morgan fingerprint density at radius 2 is 1.72 bits per heavy atom. The summed E-state index contributed by atoms with van der Waals surface area (Å²) in [5.41, 5.74) is 7.91. The summed E-state index contributed by atoms with van der Waals surface area (Å²) in [6.07, 6.45) is 2.15. The highest BCUT2D eigenvalue weighted by Gasteiger charge is 2.30. The van der Waals surface area contributed by atoms with E-state index in [9.17, 15) is 4.79 Å². The molecule has 0 aliphatic heterocycles. The van der Waals surface area contributed by atoms with E-state index >= 15 is 0 Å². The van der Waals surface area contributed by atoms with Gasteiger partial charge in [-0.05, 0) is 53.0 Å². The van der Waals surface area contributed by atoms with Crippen LogP contribution in [0.25, 0.3) is 0 Å². The minimum absolute atomic E-state index is 0.169. The van der Waals surface area contributed by atoms with E-state index in [0.29, 0.717) is 26.2 Å². The number of carbonyl (C=O) groups is 1. The first kappa shape index (κ1) is 21.7. The average Bonchev–Trinajstić information content (AvgIpc) is 2.54. The van der Waals surface area contributed by atoms with Crippen molar-refractivity contribution < 1.29 is 9.53 Å². The third kappa shape index (κ3) is 7.17. The van der Waals surface area contributed by atoms with Gasteiger partial charge in [-0.3, -0.25) is 4.79 Å². The summed E-state index contributed by atoms with van der Waals surface area (Å²) >= 11 is 0. The van der Waals surface area contributed by atoms with Gasteiger partial charge in [0.15, 0.2) is 0 Å². The lowest BCUT2D eigenvalue weighted by Gasteiger charge is -2.38. The van der Waals surface area contributed by atoms with E-state index in [-0.39, 0.29) is 17.0 Å². The minimum atomic E-state index is -0.344. The number of benzene rings is 1. The number of nitrogens with two attached hydrogens (primary N) is 1. The first-order valence-corrected chi connectivity index (χ1v) is 9.34. The SMILES string of the molecule is CCN(C(=O)CCc1ccc(C)cc1)C(C)(C)COCC(C)(N)CC. The molecule has 1 aromatic carbocycles. The van der Waals surface area contributed by atoms with Crippen LogP contribution >= 0.6 is 0 Å². The van der Waals surface area contributed by atoms with Crippen molar-refractivity contribution >= 4 is 5.91 Å². The highest BCUT2D eigenvalue weighted by Crippen LogP contribution is 2.18. The molecule has 0 aromatic heterocycles. The fraction of sp³-hybridized carbons (Fsp3) is 0.667. The van der Waals surface area contributed by atoms with Crippen molar-refractivity contribution in [2.75, 3.05) is 19.8 Å². The van der Waals surface area contributed by atoms with E-state index in [4.69, 9.17) is 10.5 Å². The van der Waals surface area contributed by atoms with Gasteiger partial charge in [-0.25, -0.2) is 0 Å². The van der Waals surface area contributed by atoms with Crippen molar-refractivity contribution in [3.63, 3.8) is 0 Å². The Hall–Kier alpha value is -1.39. The number of hydrogen-bond donors (Lipinski definition) is 1. The second kappa shape index (κ2) is 9.35. The maximum Gasteiger partial charge on any atom is 0.223 e. The second-order valence-corrected chi connectivity index (χ2v) is 7.94. The molecular formula is C21H36N2O2. The molecule has 0 aliphatic carbocycles. The van der Waals surface area contributed by atoms with Crippen LogP contribution in [-0.2, 0) is 16.0 Å². The fourth-order valence-corrected chi connectivity index (χ4v) is 2.80. The molecule has 0 saturated carbocycles. The summed E-state index contributed by atoms with van der Waals surface area (Å²) in [5.74, 6) is 0.169. The van der Waals surface area contributed by atoms with Crippen LogP contribution < -0.4 is 5.73 Å². The van der Waals surface area contributed by atoms with E-state index in [1.54, 1.807) is 0 Å². The number of aryl methyl sites for hydroxylation is 2. The van der Waals surface area contributed by atoms with Crippen LogP contribution in [-0.4, -0.2) is 41.6 Å². The number of carbonyl (C=O) groups excluding carboxylic acids is 1. The van der Waals surface area contributed by atoms with Gasteiger partial charge in [0.05, 0.1) is 18.8 Å². The predicted octanol–water partition coefficient (Wildman–Crippen LogP) is 3.70. The number of likely N-dealkylation sites (N-methyl/N-ethyl adjacent to an activating group) is 1. The monoisotopic (exact) mass is 348 g/mol. The van der Waals surface area contributed by atoms with Crippen molar-refractivity contribution in [3.05, 3.63) is 35.4 Å².